The van der Waals surface area contributed by atoms with Gasteiger partial charge < -0.3 is 10.4 Å². The molecule has 0 aliphatic carbocycles. The van der Waals surface area contributed by atoms with Crippen LogP contribution in [0.4, 0.5) is 5.82 Å². The van der Waals surface area contributed by atoms with Crippen molar-refractivity contribution in [2.75, 3.05) is 5.32 Å². The Kier molecular flexibility index (Phi) is 4.07. The molecule has 2 rings (SSSR count). The molecule has 0 atom stereocenters. The molecule has 0 amide bonds. The van der Waals surface area contributed by atoms with E-state index in [0.717, 1.165) is 12.0 Å². The second-order valence-electron chi connectivity index (χ2n) is 4.03. The predicted octanol–water partition coefficient (Wildman–Crippen LogP) is 2.35. The number of carbonyl (C=O) groups is 1. The second kappa shape index (κ2) is 5.95. The summed E-state index contributed by atoms with van der Waals surface area (Å²) >= 11 is 0. The maximum atomic E-state index is 11.0. The number of nitrogens with zero attached hydrogens (tertiary/aromatic N) is 2. The summed E-state index contributed by atoms with van der Waals surface area (Å²) in [4.78, 5) is 18.8. The quantitative estimate of drug-likeness (QED) is 0.860. The van der Waals surface area contributed by atoms with Crippen molar-refractivity contribution in [1.82, 2.24) is 9.97 Å². The summed E-state index contributed by atoms with van der Waals surface area (Å²) in [6, 6.07) is 8.03. The standard InChI is InChI=1S/C14H15N3O2/c1-2-10-5-3-4-6-11(10)9-17-13-12(14(18)19)15-7-8-16-13/h3-8H,2,9H2,1H3,(H,16,17)(H,18,19). The van der Waals surface area contributed by atoms with Crippen molar-refractivity contribution in [2.45, 2.75) is 19.9 Å². The Morgan fingerprint density at radius 1 is 1.21 bits per heavy atom. The molecule has 0 aliphatic heterocycles. The highest BCUT2D eigenvalue weighted by atomic mass is 16.4. The van der Waals surface area contributed by atoms with Crippen LogP contribution in [0, 0.1) is 0 Å². The van der Waals surface area contributed by atoms with Crippen LogP contribution < -0.4 is 5.32 Å². The molecule has 5 heteroatoms. The molecule has 98 valence electrons. The van der Waals surface area contributed by atoms with Gasteiger partial charge in [0.2, 0.25) is 0 Å². The van der Waals surface area contributed by atoms with Gasteiger partial charge in [0.15, 0.2) is 11.5 Å². The summed E-state index contributed by atoms with van der Waals surface area (Å²) in [6.07, 6.45) is 3.78. The lowest BCUT2D eigenvalue weighted by Crippen LogP contribution is -2.10. The number of aryl methyl sites for hydroxylation is 1. The molecule has 2 N–H and O–H groups in total. The van der Waals surface area contributed by atoms with Crippen LogP contribution in [0.2, 0.25) is 0 Å². The van der Waals surface area contributed by atoms with Gasteiger partial charge in [-0.25, -0.2) is 14.8 Å². The van der Waals surface area contributed by atoms with Gasteiger partial charge in [0, 0.05) is 18.9 Å². The fraction of sp³-hybridized carbons (Fsp3) is 0.214. The molecular formula is C14H15N3O2. The lowest BCUT2D eigenvalue weighted by molar-refractivity contribution is 0.0691. The molecule has 0 saturated carbocycles. The fourth-order valence-corrected chi connectivity index (χ4v) is 1.88. The first kappa shape index (κ1) is 13.0. The van der Waals surface area contributed by atoms with Crippen molar-refractivity contribution in [3.8, 4) is 0 Å². The summed E-state index contributed by atoms with van der Waals surface area (Å²) in [6.45, 7) is 2.62. The first-order valence-corrected chi connectivity index (χ1v) is 6.07. The van der Waals surface area contributed by atoms with E-state index in [9.17, 15) is 4.79 Å². The van der Waals surface area contributed by atoms with E-state index in [2.05, 4.69) is 28.3 Å². The highest BCUT2D eigenvalue weighted by Gasteiger charge is 2.12. The lowest BCUT2D eigenvalue weighted by Gasteiger charge is -2.10. The number of nitrogens with one attached hydrogen (secondary N) is 1. The summed E-state index contributed by atoms with van der Waals surface area (Å²) in [5.41, 5.74) is 2.30. The van der Waals surface area contributed by atoms with Crippen LogP contribution >= 0.6 is 0 Å². The van der Waals surface area contributed by atoms with Crippen LogP contribution in [0.1, 0.15) is 28.5 Å². The van der Waals surface area contributed by atoms with Gasteiger partial charge >= 0.3 is 5.97 Å². The average molecular weight is 257 g/mol. The Bertz CT molecular complexity index is 584. The monoisotopic (exact) mass is 257 g/mol. The zero-order valence-corrected chi connectivity index (χ0v) is 10.6. The van der Waals surface area contributed by atoms with Gasteiger partial charge in [-0.3, -0.25) is 0 Å². The number of hydrogen-bond acceptors (Lipinski definition) is 4. The van der Waals surface area contributed by atoms with E-state index < -0.39 is 5.97 Å². The second-order valence-corrected chi connectivity index (χ2v) is 4.03. The summed E-state index contributed by atoms with van der Waals surface area (Å²) < 4.78 is 0. The van der Waals surface area contributed by atoms with Gasteiger partial charge in [-0.05, 0) is 17.5 Å². The van der Waals surface area contributed by atoms with Crippen molar-refractivity contribution in [2.24, 2.45) is 0 Å². The number of rotatable bonds is 5. The van der Waals surface area contributed by atoms with E-state index in [-0.39, 0.29) is 5.69 Å². The number of hydrogen-bond donors (Lipinski definition) is 2. The van der Waals surface area contributed by atoms with Crippen LogP contribution in [0.25, 0.3) is 0 Å². The van der Waals surface area contributed by atoms with E-state index in [0.29, 0.717) is 12.4 Å². The molecule has 0 bridgehead atoms. The predicted molar refractivity (Wildman–Crippen MR) is 72.1 cm³/mol. The zero-order chi connectivity index (χ0) is 13.7. The van der Waals surface area contributed by atoms with Gasteiger partial charge in [-0.15, -0.1) is 0 Å². The molecular weight excluding hydrogens is 242 g/mol. The molecule has 0 spiro atoms. The van der Waals surface area contributed by atoms with Crippen molar-refractivity contribution < 1.29 is 9.90 Å². The molecule has 0 radical (unpaired) electrons. The van der Waals surface area contributed by atoms with E-state index in [4.69, 9.17) is 5.11 Å². The van der Waals surface area contributed by atoms with Crippen molar-refractivity contribution in [3.63, 3.8) is 0 Å². The molecule has 0 saturated heterocycles. The smallest absolute Gasteiger partial charge is 0.358 e. The summed E-state index contributed by atoms with van der Waals surface area (Å²) in [5, 5.41) is 12.1. The summed E-state index contributed by atoms with van der Waals surface area (Å²) in [7, 11) is 0. The molecule has 0 fully saturated rings. The highest BCUT2D eigenvalue weighted by molar-refractivity contribution is 5.90. The molecule has 19 heavy (non-hydrogen) atoms. The Labute approximate surface area is 111 Å². The third kappa shape index (κ3) is 3.07. The first-order chi connectivity index (χ1) is 9.22. The normalized spacial score (nSPS) is 10.2. The number of aromatic nitrogens is 2. The number of aromatic carboxylic acids is 1. The highest BCUT2D eigenvalue weighted by Crippen LogP contribution is 2.13. The van der Waals surface area contributed by atoms with Crippen molar-refractivity contribution in [1.29, 1.82) is 0 Å². The van der Waals surface area contributed by atoms with Gasteiger partial charge in [0.1, 0.15) is 0 Å². The minimum Gasteiger partial charge on any atom is -0.476 e. The van der Waals surface area contributed by atoms with Gasteiger partial charge in [-0.2, -0.15) is 0 Å². The molecule has 0 aliphatic rings. The van der Waals surface area contributed by atoms with Crippen LogP contribution in [-0.4, -0.2) is 21.0 Å². The van der Waals surface area contributed by atoms with Crippen LogP contribution in [0.15, 0.2) is 36.7 Å². The fourth-order valence-electron chi connectivity index (χ4n) is 1.88. The zero-order valence-electron chi connectivity index (χ0n) is 10.6. The van der Waals surface area contributed by atoms with Gasteiger partial charge in [0.25, 0.3) is 0 Å². The van der Waals surface area contributed by atoms with E-state index in [1.54, 1.807) is 0 Å². The molecule has 0 unspecified atom stereocenters. The van der Waals surface area contributed by atoms with Crippen molar-refractivity contribution >= 4 is 11.8 Å². The van der Waals surface area contributed by atoms with Crippen LogP contribution in [-0.2, 0) is 13.0 Å². The maximum Gasteiger partial charge on any atom is 0.358 e. The van der Waals surface area contributed by atoms with E-state index in [1.807, 2.05) is 18.2 Å². The minimum absolute atomic E-state index is 0.0588. The molecule has 1 aromatic heterocycles. The van der Waals surface area contributed by atoms with Crippen LogP contribution in [0.5, 0.6) is 0 Å². The number of benzene rings is 1. The number of anilines is 1. The third-order valence-corrected chi connectivity index (χ3v) is 2.85. The Morgan fingerprint density at radius 3 is 2.58 bits per heavy atom. The van der Waals surface area contributed by atoms with Gasteiger partial charge in [-0.1, -0.05) is 31.2 Å². The first-order valence-electron chi connectivity index (χ1n) is 6.07. The topological polar surface area (TPSA) is 75.1 Å². The van der Waals surface area contributed by atoms with Crippen LogP contribution in [0.3, 0.4) is 0 Å². The Hall–Kier alpha value is -2.43. The molecule has 1 heterocycles. The number of carboxylic acids is 1. The Balaban J connectivity index is 2.17. The van der Waals surface area contributed by atoms with Gasteiger partial charge in [0.05, 0.1) is 0 Å². The molecule has 1 aromatic carbocycles. The van der Waals surface area contributed by atoms with E-state index >= 15 is 0 Å². The third-order valence-electron chi connectivity index (χ3n) is 2.85. The SMILES string of the molecule is CCc1ccccc1CNc1nccnc1C(=O)O. The summed E-state index contributed by atoms with van der Waals surface area (Å²) in [5.74, 6) is -0.791. The number of carboxylic acid groups (broad SMARTS) is 1. The lowest BCUT2D eigenvalue weighted by atomic mass is 10.1. The largest absolute Gasteiger partial charge is 0.476 e. The maximum absolute atomic E-state index is 11.0. The Morgan fingerprint density at radius 2 is 1.89 bits per heavy atom. The average Bonchev–Trinajstić information content (AvgIpc) is 2.45. The minimum atomic E-state index is -1.08. The van der Waals surface area contributed by atoms with Crippen molar-refractivity contribution in [3.05, 3.63) is 53.5 Å². The van der Waals surface area contributed by atoms with E-state index in [1.165, 1.54) is 18.0 Å². The molecule has 2 aromatic rings. The molecule has 5 nitrogen and oxygen atoms in total.